The molecule has 0 aliphatic carbocycles. The van der Waals surface area contributed by atoms with E-state index in [1.807, 2.05) is 0 Å². The zero-order valence-electron chi connectivity index (χ0n) is 12.4. The van der Waals surface area contributed by atoms with Crippen LogP contribution in [0.2, 0.25) is 10.0 Å². The average Bonchev–Trinajstić information content (AvgIpc) is 2.94. The summed E-state index contributed by atoms with van der Waals surface area (Å²) in [5.74, 6) is -1.74. The first kappa shape index (κ1) is 16.7. The molecule has 1 atom stereocenters. The highest BCUT2D eigenvalue weighted by Gasteiger charge is 2.36. The van der Waals surface area contributed by atoms with Crippen LogP contribution in [0.25, 0.3) is 0 Å². The highest BCUT2D eigenvalue weighted by atomic mass is 35.5. The van der Waals surface area contributed by atoms with Crippen molar-refractivity contribution in [2.24, 2.45) is 5.92 Å². The molecule has 1 saturated heterocycles. The second-order valence-electron chi connectivity index (χ2n) is 5.45. The quantitative estimate of drug-likeness (QED) is 0.887. The third-order valence-corrected chi connectivity index (χ3v) is 4.67. The van der Waals surface area contributed by atoms with E-state index in [1.54, 1.807) is 30.3 Å². The molecule has 2 amide bonds. The molecule has 1 N–H and O–H groups in total. The Labute approximate surface area is 148 Å². The molecule has 1 aliphatic heterocycles. The Kier molecular flexibility index (Phi) is 4.73. The molecule has 1 aliphatic rings. The van der Waals surface area contributed by atoms with Crippen LogP contribution in [-0.4, -0.2) is 18.4 Å². The topological polar surface area (TPSA) is 49.4 Å². The van der Waals surface area contributed by atoms with Gasteiger partial charge in [-0.15, -0.1) is 0 Å². The van der Waals surface area contributed by atoms with Gasteiger partial charge in [0.2, 0.25) is 11.8 Å². The van der Waals surface area contributed by atoms with Crippen molar-refractivity contribution in [2.45, 2.75) is 6.42 Å². The van der Waals surface area contributed by atoms with Gasteiger partial charge >= 0.3 is 0 Å². The number of carbonyl (C=O) groups is 2. The van der Waals surface area contributed by atoms with Gasteiger partial charge in [-0.2, -0.15) is 0 Å². The fourth-order valence-corrected chi connectivity index (χ4v) is 2.97. The molecule has 2 aromatic rings. The van der Waals surface area contributed by atoms with E-state index in [4.69, 9.17) is 23.2 Å². The Balaban J connectivity index is 1.75. The largest absolute Gasteiger partial charge is 0.324 e. The maximum Gasteiger partial charge on any atom is 0.229 e. The smallest absolute Gasteiger partial charge is 0.229 e. The minimum atomic E-state index is -0.591. The maximum atomic E-state index is 13.9. The van der Waals surface area contributed by atoms with Gasteiger partial charge < -0.3 is 10.2 Å². The van der Waals surface area contributed by atoms with Crippen molar-refractivity contribution in [3.05, 3.63) is 58.3 Å². The van der Waals surface area contributed by atoms with E-state index in [0.29, 0.717) is 10.7 Å². The van der Waals surface area contributed by atoms with E-state index in [0.717, 1.165) is 0 Å². The highest BCUT2D eigenvalue weighted by molar-refractivity contribution is 6.44. The van der Waals surface area contributed by atoms with Crippen molar-refractivity contribution >= 4 is 46.4 Å². The number of hydrogen-bond acceptors (Lipinski definition) is 2. The molecule has 1 fully saturated rings. The van der Waals surface area contributed by atoms with E-state index >= 15 is 0 Å². The normalized spacial score (nSPS) is 17.2. The number of halogens is 3. The lowest BCUT2D eigenvalue weighted by atomic mass is 10.1. The summed E-state index contributed by atoms with van der Waals surface area (Å²) in [5, 5.41) is 3.23. The number of rotatable bonds is 3. The maximum absolute atomic E-state index is 13.9. The Morgan fingerprint density at radius 3 is 2.67 bits per heavy atom. The van der Waals surface area contributed by atoms with Crippen LogP contribution in [0.5, 0.6) is 0 Å². The third-order valence-electron chi connectivity index (χ3n) is 3.85. The summed E-state index contributed by atoms with van der Waals surface area (Å²) < 4.78 is 13.9. The number of para-hydroxylation sites is 1. The van der Waals surface area contributed by atoms with Crippen molar-refractivity contribution in [3.8, 4) is 0 Å². The molecule has 7 heteroatoms. The van der Waals surface area contributed by atoms with E-state index in [1.165, 1.54) is 17.0 Å². The van der Waals surface area contributed by atoms with Crippen molar-refractivity contribution in [2.75, 3.05) is 16.8 Å². The van der Waals surface area contributed by atoms with Crippen LogP contribution in [0, 0.1) is 11.7 Å². The van der Waals surface area contributed by atoms with Crippen LogP contribution < -0.4 is 10.2 Å². The summed E-state index contributed by atoms with van der Waals surface area (Å²) in [5.41, 5.74) is 0.560. The minimum absolute atomic E-state index is 0.0123. The molecule has 0 radical (unpaired) electrons. The number of nitrogens with zero attached hydrogens (tertiary/aromatic N) is 1. The Hall–Kier alpha value is -2.11. The SMILES string of the molecule is O=C(Nc1cccc(Cl)c1Cl)[C@H]1CC(=O)N(c2ccccc2F)C1. The van der Waals surface area contributed by atoms with E-state index in [-0.39, 0.29) is 35.5 Å². The van der Waals surface area contributed by atoms with Crippen molar-refractivity contribution < 1.29 is 14.0 Å². The van der Waals surface area contributed by atoms with Gasteiger partial charge in [-0.25, -0.2) is 4.39 Å². The molecule has 0 saturated carbocycles. The second kappa shape index (κ2) is 6.79. The zero-order valence-corrected chi connectivity index (χ0v) is 13.9. The van der Waals surface area contributed by atoms with E-state index < -0.39 is 11.7 Å². The van der Waals surface area contributed by atoms with E-state index in [2.05, 4.69) is 5.32 Å². The molecule has 3 rings (SSSR count). The first-order valence-electron chi connectivity index (χ1n) is 7.27. The Morgan fingerprint density at radius 2 is 1.92 bits per heavy atom. The summed E-state index contributed by atoms with van der Waals surface area (Å²) in [4.78, 5) is 25.8. The first-order chi connectivity index (χ1) is 11.5. The molecular formula is C17H13Cl2FN2O2. The van der Waals surface area contributed by atoms with Gasteiger partial charge in [0.1, 0.15) is 5.82 Å². The standard InChI is InChI=1S/C17H13Cl2FN2O2/c18-11-4-3-6-13(16(11)19)21-17(24)10-8-15(23)22(9-10)14-7-2-1-5-12(14)20/h1-7,10H,8-9H2,(H,21,24)/t10-/m0/s1. The lowest BCUT2D eigenvalue weighted by molar-refractivity contribution is -0.122. The second-order valence-corrected chi connectivity index (χ2v) is 6.23. The monoisotopic (exact) mass is 366 g/mol. The number of amides is 2. The van der Waals surface area contributed by atoms with Gasteiger partial charge in [-0.1, -0.05) is 41.4 Å². The Morgan fingerprint density at radius 1 is 1.17 bits per heavy atom. The van der Waals surface area contributed by atoms with Crippen molar-refractivity contribution in [3.63, 3.8) is 0 Å². The van der Waals surface area contributed by atoms with Gasteiger partial charge in [0.25, 0.3) is 0 Å². The van der Waals surface area contributed by atoms with Gasteiger partial charge in [-0.3, -0.25) is 9.59 Å². The highest BCUT2D eigenvalue weighted by Crippen LogP contribution is 2.31. The fraction of sp³-hybridized carbons (Fsp3) is 0.176. The molecule has 0 unspecified atom stereocenters. The molecule has 24 heavy (non-hydrogen) atoms. The van der Waals surface area contributed by atoms with Crippen LogP contribution in [-0.2, 0) is 9.59 Å². The molecule has 124 valence electrons. The minimum Gasteiger partial charge on any atom is -0.324 e. The lowest BCUT2D eigenvalue weighted by Gasteiger charge is -2.17. The van der Waals surface area contributed by atoms with E-state index in [9.17, 15) is 14.0 Å². The first-order valence-corrected chi connectivity index (χ1v) is 8.02. The zero-order chi connectivity index (χ0) is 17.3. The molecular weight excluding hydrogens is 354 g/mol. The van der Waals surface area contributed by atoms with Crippen LogP contribution >= 0.6 is 23.2 Å². The number of anilines is 2. The summed E-state index contributed by atoms with van der Waals surface area (Å²) in [6.45, 7) is 0.115. The average molecular weight is 367 g/mol. The molecule has 1 heterocycles. The Bertz CT molecular complexity index is 813. The van der Waals surface area contributed by atoms with Crippen LogP contribution in [0.1, 0.15) is 6.42 Å². The van der Waals surface area contributed by atoms with Crippen LogP contribution in [0.4, 0.5) is 15.8 Å². The van der Waals surface area contributed by atoms with Gasteiger partial charge in [0.05, 0.1) is 27.3 Å². The van der Waals surface area contributed by atoms with Crippen LogP contribution in [0.3, 0.4) is 0 Å². The molecule has 4 nitrogen and oxygen atoms in total. The third kappa shape index (κ3) is 3.23. The number of benzene rings is 2. The summed E-state index contributed by atoms with van der Waals surface area (Å²) >= 11 is 12.0. The van der Waals surface area contributed by atoms with Gasteiger partial charge in [0, 0.05) is 13.0 Å². The predicted octanol–water partition coefficient (Wildman–Crippen LogP) is 4.12. The van der Waals surface area contributed by atoms with Gasteiger partial charge in [0.15, 0.2) is 0 Å². The number of hydrogen-bond donors (Lipinski definition) is 1. The summed E-state index contributed by atoms with van der Waals surface area (Å²) in [7, 11) is 0. The number of carbonyl (C=O) groups excluding carboxylic acids is 2. The van der Waals surface area contributed by atoms with Crippen LogP contribution in [0.15, 0.2) is 42.5 Å². The molecule has 2 aromatic carbocycles. The molecule has 0 aromatic heterocycles. The van der Waals surface area contributed by atoms with Gasteiger partial charge in [-0.05, 0) is 24.3 Å². The number of nitrogens with one attached hydrogen (secondary N) is 1. The van der Waals surface area contributed by atoms with Crippen molar-refractivity contribution in [1.82, 2.24) is 0 Å². The summed E-state index contributed by atoms with van der Waals surface area (Å²) in [6, 6.07) is 10.9. The molecule has 0 spiro atoms. The van der Waals surface area contributed by atoms with Crippen molar-refractivity contribution in [1.29, 1.82) is 0 Å². The fourth-order valence-electron chi connectivity index (χ4n) is 2.62. The molecule has 0 bridgehead atoms. The predicted molar refractivity (Wildman–Crippen MR) is 92.0 cm³/mol. The lowest BCUT2D eigenvalue weighted by Crippen LogP contribution is -2.28. The summed E-state index contributed by atoms with van der Waals surface area (Å²) in [6.07, 6.45) is 0.0123.